The molecule has 0 fully saturated rings. The smallest absolute Gasteiger partial charge is 0.242 e. The van der Waals surface area contributed by atoms with Crippen LogP contribution >= 0.6 is 11.6 Å². The first-order valence-corrected chi connectivity index (χ1v) is 9.81. The molecule has 156 valence electrons. The molecular weight excluding hydrogens is 392 g/mol. The second-order valence-corrected chi connectivity index (χ2v) is 7.55. The number of amides is 2. The van der Waals surface area contributed by atoms with Gasteiger partial charge in [-0.25, -0.2) is 0 Å². The van der Waals surface area contributed by atoms with Gasteiger partial charge in [-0.15, -0.1) is 0 Å². The molecule has 0 unspecified atom stereocenters. The third-order valence-electron chi connectivity index (χ3n) is 4.16. The van der Waals surface area contributed by atoms with Crippen LogP contribution < -0.4 is 20.1 Å². The minimum absolute atomic E-state index is 0.195. The summed E-state index contributed by atoms with van der Waals surface area (Å²) in [5, 5.41) is 6.03. The maximum Gasteiger partial charge on any atom is 0.242 e. The van der Waals surface area contributed by atoms with Crippen molar-refractivity contribution in [1.82, 2.24) is 10.6 Å². The van der Waals surface area contributed by atoms with Crippen LogP contribution in [0.15, 0.2) is 42.5 Å². The molecule has 0 bridgehead atoms. The first-order valence-electron chi connectivity index (χ1n) is 9.43. The Hall–Kier alpha value is -2.73. The van der Waals surface area contributed by atoms with E-state index in [0.717, 1.165) is 5.56 Å². The summed E-state index contributed by atoms with van der Waals surface area (Å²) in [6, 6.07) is 12.0. The second-order valence-electron chi connectivity index (χ2n) is 7.14. The number of halogens is 1. The number of carbonyl (C=O) groups is 2. The molecule has 0 heterocycles. The zero-order chi connectivity index (χ0) is 21.4. The van der Waals surface area contributed by atoms with E-state index < -0.39 is 6.04 Å². The van der Waals surface area contributed by atoms with Crippen molar-refractivity contribution in [3.63, 3.8) is 0 Å². The van der Waals surface area contributed by atoms with Crippen LogP contribution in [0.3, 0.4) is 0 Å². The van der Waals surface area contributed by atoms with Crippen LogP contribution in [0.25, 0.3) is 0 Å². The van der Waals surface area contributed by atoms with E-state index in [0.29, 0.717) is 41.2 Å². The van der Waals surface area contributed by atoms with E-state index in [4.69, 9.17) is 21.1 Å². The molecule has 0 saturated carbocycles. The van der Waals surface area contributed by atoms with E-state index >= 15 is 0 Å². The average Bonchev–Trinajstić information content (AvgIpc) is 2.67. The molecule has 0 aliphatic carbocycles. The Morgan fingerprint density at radius 2 is 1.72 bits per heavy atom. The van der Waals surface area contributed by atoms with Crippen molar-refractivity contribution in [2.24, 2.45) is 5.92 Å². The van der Waals surface area contributed by atoms with Crippen LogP contribution in [-0.2, 0) is 16.1 Å². The molecular formula is C22H27ClN2O4. The Bertz CT molecular complexity index is 837. The standard InChI is InChI=1S/C22H27ClN2O4/c1-14(2)11-20(25-15(3)26)22(27)24-13-16-5-7-17(8-6-16)29-21-10-9-18(28-4)12-19(21)23/h5-10,12,14,20H,11,13H2,1-4H3,(H,24,27)(H,25,26)/t20-/m1/s1. The lowest BCUT2D eigenvalue weighted by Crippen LogP contribution is -2.46. The number of carbonyl (C=O) groups excluding carboxylic acids is 2. The molecule has 2 N–H and O–H groups in total. The third kappa shape index (κ3) is 7.31. The summed E-state index contributed by atoms with van der Waals surface area (Å²) < 4.78 is 10.9. The van der Waals surface area contributed by atoms with E-state index in [1.165, 1.54) is 6.92 Å². The molecule has 7 heteroatoms. The Morgan fingerprint density at radius 3 is 2.28 bits per heavy atom. The number of benzene rings is 2. The molecule has 0 aromatic heterocycles. The Kier molecular flexibility index (Phi) is 8.34. The van der Waals surface area contributed by atoms with E-state index in [2.05, 4.69) is 10.6 Å². The summed E-state index contributed by atoms with van der Waals surface area (Å²) in [6.45, 7) is 5.79. The second kappa shape index (κ2) is 10.7. The number of methoxy groups -OCH3 is 1. The quantitative estimate of drug-likeness (QED) is 0.636. The fourth-order valence-electron chi connectivity index (χ4n) is 2.75. The van der Waals surface area contributed by atoms with Crippen molar-refractivity contribution in [3.05, 3.63) is 53.1 Å². The molecule has 0 radical (unpaired) electrons. The van der Waals surface area contributed by atoms with Crippen LogP contribution in [0.5, 0.6) is 17.2 Å². The lowest BCUT2D eigenvalue weighted by Gasteiger charge is -2.19. The first kappa shape index (κ1) is 22.6. The third-order valence-corrected chi connectivity index (χ3v) is 4.45. The Labute approximate surface area is 176 Å². The van der Waals surface area contributed by atoms with Crippen molar-refractivity contribution in [3.8, 4) is 17.2 Å². The highest BCUT2D eigenvalue weighted by atomic mass is 35.5. The van der Waals surface area contributed by atoms with Gasteiger partial charge in [0.05, 0.1) is 12.1 Å². The molecule has 0 saturated heterocycles. The van der Waals surface area contributed by atoms with Gasteiger partial charge in [-0.3, -0.25) is 9.59 Å². The van der Waals surface area contributed by atoms with Gasteiger partial charge in [-0.05, 0) is 42.2 Å². The van der Waals surface area contributed by atoms with E-state index in [1.807, 2.05) is 38.1 Å². The highest BCUT2D eigenvalue weighted by Crippen LogP contribution is 2.32. The van der Waals surface area contributed by atoms with E-state index in [9.17, 15) is 9.59 Å². The summed E-state index contributed by atoms with van der Waals surface area (Å²) in [6.07, 6.45) is 0.584. The Morgan fingerprint density at radius 1 is 1.07 bits per heavy atom. The molecule has 2 aromatic rings. The SMILES string of the molecule is COc1ccc(Oc2ccc(CNC(=O)[C@@H](CC(C)C)NC(C)=O)cc2)c(Cl)c1. The zero-order valence-corrected chi connectivity index (χ0v) is 17.9. The molecule has 29 heavy (non-hydrogen) atoms. The number of hydrogen-bond acceptors (Lipinski definition) is 4. The predicted molar refractivity (Wildman–Crippen MR) is 113 cm³/mol. The zero-order valence-electron chi connectivity index (χ0n) is 17.1. The van der Waals surface area contributed by atoms with Crippen molar-refractivity contribution in [1.29, 1.82) is 0 Å². The average molecular weight is 419 g/mol. The van der Waals surface area contributed by atoms with Gasteiger partial charge in [0.15, 0.2) is 0 Å². The minimum atomic E-state index is -0.535. The van der Waals surface area contributed by atoms with Crippen LogP contribution in [0.2, 0.25) is 5.02 Å². The molecule has 2 amide bonds. The van der Waals surface area contributed by atoms with Gasteiger partial charge in [0.1, 0.15) is 23.3 Å². The van der Waals surface area contributed by atoms with Crippen LogP contribution in [0.1, 0.15) is 32.8 Å². The van der Waals surface area contributed by atoms with Gasteiger partial charge in [-0.1, -0.05) is 37.6 Å². The van der Waals surface area contributed by atoms with Crippen molar-refractivity contribution in [2.75, 3.05) is 7.11 Å². The number of hydrogen-bond donors (Lipinski definition) is 2. The minimum Gasteiger partial charge on any atom is -0.497 e. The van der Waals surface area contributed by atoms with Crippen LogP contribution in [0.4, 0.5) is 0 Å². The molecule has 2 rings (SSSR count). The van der Waals surface area contributed by atoms with Crippen molar-refractivity contribution in [2.45, 2.75) is 39.8 Å². The van der Waals surface area contributed by atoms with Gasteiger partial charge < -0.3 is 20.1 Å². The van der Waals surface area contributed by atoms with Crippen LogP contribution in [-0.4, -0.2) is 25.0 Å². The maximum absolute atomic E-state index is 12.4. The van der Waals surface area contributed by atoms with Crippen LogP contribution in [0, 0.1) is 5.92 Å². The lowest BCUT2D eigenvalue weighted by atomic mass is 10.0. The highest BCUT2D eigenvalue weighted by molar-refractivity contribution is 6.32. The van der Waals surface area contributed by atoms with Crippen molar-refractivity contribution >= 4 is 23.4 Å². The maximum atomic E-state index is 12.4. The monoisotopic (exact) mass is 418 g/mol. The normalized spacial score (nSPS) is 11.7. The molecule has 0 aliphatic heterocycles. The van der Waals surface area contributed by atoms with Gasteiger partial charge in [-0.2, -0.15) is 0 Å². The summed E-state index contributed by atoms with van der Waals surface area (Å²) >= 11 is 6.19. The largest absolute Gasteiger partial charge is 0.497 e. The van der Waals surface area contributed by atoms with Gasteiger partial charge in [0.2, 0.25) is 11.8 Å². The van der Waals surface area contributed by atoms with E-state index in [1.54, 1.807) is 25.3 Å². The summed E-state index contributed by atoms with van der Waals surface area (Å²) in [5.41, 5.74) is 0.914. The number of ether oxygens (including phenoxy) is 2. The highest BCUT2D eigenvalue weighted by Gasteiger charge is 2.20. The first-order chi connectivity index (χ1) is 13.8. The van der Waals surface area contributed by atoms with E-state index in [-0.39, 0.29) is 11.8 Å². The summed E-state index contributed by atoms with van der Waals surface area (Å²) in [4.78, 5) is 23.8. The van der Waals surface area contributed by atoms with Gasteiger partial charge in [0, 0.05) is 19.5 Å². The fourth-order valence-corrected chi connectivity index (χ4v) is 2.96. The van der Waals surface area contributed by atoms with Gasteiger partial charge in [0.25, 0.3) is 0 Å². The number of nitrogens with one attached hydrogen (secondary N) is 2. The predicted octanol–water partition coefficient (Wildman–Crippen LogP) is 4.31. The Balaban J connectivity index is 1.94. The molecule has 6 nitrogen and oxygen atoms in total. The molecule has 1 atom stereocenters. The number of rotatable bonds is 9. The molecule has 0 aliphatic rings. The molecule has 2 aromatic carbocycles. The summed E-state index contributed by atoms with van der Waals surface area (Å²) in [5.74, 6) is 1.69. The summed E-state index contributed by atoms with van der Waals surface area (Å²) in [7, 11) is 1.57. The fraction of sp³-hybridized carbons (Fsp3) is 0.364. The molecule has 0 spiro atoms. The van der Waals surface area contributed by atoms with Gasteiger partial charge >= 0.3 is 0 Å². The lowest BCUT2D eigenvalue weighted by molar-refractivity contribution is -0.128. The van der Waals surface area contributed by atoms with Crippen molar-refractivity contribution < 1.29 is 19.1 Å². The topological polar surface area (TPSA) is 76.7 Å².